The second kappa shape index (κ2) is 7.40. The van der Waals surface area contributed by atoms with E-state index in [1.54, 1.807) is 18.2 Å². The quantitative estimate of drug-likeness (QED) is 0.507. The standard InChI is InChI=1S/C23H18N2O3/c1-28-22-14-16(11-13-18(22)23(26)27)10-12-17-6-2-4-8-20(17)25-15-24-19-7-3-5-9-21(19)25/h2-15H,1H3,(H,26,27)/b12-10+. The van der Waals surface area contributed by atoms with E-state index in [0.717, 1.165) is 27.8 Å². The van der Waals surface area contributed by atoms with Crippen molar-refractivity contribution in [1.82, 2.24) is 9.55 Å². The van der Waals surface area contributed by atoms with Gasteiger partial charge in [0.2, 0.25) is 0 Å². The molecule has 0 amide bonds. The van der Waals surface area contributed by atoms with Crippen LogP contribution in [0.15, 0.2) is 73.1 Å². The SMILES string of the molecule is COc1cc(/C=C/c2ccccc2-n2cnc3ccccc32)ccc1C(=O)O. The van der Waals surface area contributed by atoms with Gasteiger partial charge in [0.15, 0.2) is 0 Å². The lowest BCUT2D eigenvalue weighted by Gasteiger charge is -2.09. The van der Waals surface area contributed by atoms with Crippen molar-refractivity contribution in [3.63, 3.8) is 0 Å². The number of imidazole rings is 1. The lowest BCUT2D eigenvalue weighted by atomic mass is 10.1. The predicted octanol–water partition coefficient (Wildman–Crippen LogP) is 4.90. The average molecular weight is 370 g/mol. The van der Waals surface area contributed by atoms with Crippen molar-refractivity contribution in [2.24, 2.45) is 0 Å². The first-order valence-corrected chi connectivity index (χ1v) is 8.78. The van der Waals surface area contributed by atoms with E-state index in [1.807, 2.05) is 67.0 Å². The van der Waals surface area contributed by atoms with Crippen molar-refractivity contribution in [1.29, 1.82) is 0 Å². The number of para-hydroxylation sites is 3. The highest BCUT2D eigenvalue weighted by Gasteiger charge is 2.11. The molecule has 0 aliphatic rings. The minimum absolute atomic E-state index is 0.143. The Kier molecular flexibility index (Phi) is 4.64. The van der Waals surface area contributed by atoms with Gasteiger partial charge >= 0.3 is 5.97 Å². The zero-order valence-corrected chi connectivity index (χ0v) is 15.2. The highest BCUT2D eigenvalue weighted by Crippen LogP contribution is 2.24. The largest absolute Gasteiger partial charge is 0.496 e. The van der Waals surface area contributed by atoms with Crippen LogP contribution in [0, 0.1) is 0 Å². The Hall–Kier alpha value is -3.86. The summed E-state index contributed by atoms with van der Waals surface area (Å²) < 4.78 is 7.26. The summed E-state index contributed by atoms with van der Waals surface area (Å²) in [6, 6.07) is 21.1. The van der Waals surface area contributed by atoms with Gasteiger partial charge in [-0.05, 0) is 41.5 Å². The number of aromatic carboxylic acids is 1. The molecule has 0 unspecified atom stereocenters. The number of fused-ring (bicyclic) bond motifs is 1. The van der Waals surface area contributed by atoms with Gasteiger partial charge in [0.1, 0.15) is 17.6 Å². The van der Waals surface area contributed by atoms with Crippen LogP contribution in [-0.4, -0.2) is 27.7 Å². The number of hydrogen-bond donors (Lipinski definition) is 1. The smallest absolute Gasteiger partial charge is 0.339 e. The fraction of sp³-hybridized carbons (Fsp3) is 0.0435. The topological polar surface area (TPSA) is 64.4 Å². The monoisotopic (exact) mass is 370 g/mol. The second-order valence-corrected chi connectivity index (χ2v) is 6.26. The Morgan fingerprint density at radius 2 is 1.82 bits per heavy atom. The van der Waals surface area contributed by atoms with Gasteiger partial charge in [0.25, 0.3) is 0 Å². The third-order valence-electron chi connectivity index (χ3n) is 4.56. The summed E-state index contributed by atoms with van der Waals surface area (Å²) in [5.41, 5.74) is 5.01. The minimum Gasteiger partial charge on any atom is -0.496 e. The third kappa shape index (κ3) is 3.25. The Morgan fingerprint density at radius 1 is 1.04 bits per heavy atom. The maximum absolute atomic E-state index is 11.2. The Labute approximate surface area is 162 Å². The first kappa shape index (κ1) is 17.5. The minimum atomic E-state index is -1.01. The van der Waals surface area contributed by atoms with Crippen LogP contribution >= 0.6 is 0 Å². The number of ether oxygens (including phenoxy) is 1. The van der Waals surface area contributed by atoms with E-state index in [0.29, 0.717) is 5.75 Å². The highest BCUT2D eigenvalue weighted by molar-refractivity contribution is 5.91. The molecule has 0 fully saturated rings. The number of hydrogen-bond acceptors (Lipinski definition) is 3. The summed E-state index contributed by atoms with van der Waals surface area (Å²) in [6.07, 6.45) is 5.76. The number of nitrogens with zero attached hydrogens (tertiary/aromatic N) is 2. The summed E-state index contributed by atoms with van der Waals surface area (Å²) in [4.78, 5) is 15.7. The molecule has 0 radical (unpaired) electrons. The molecule has 0 saturated carbocycles. The molecule has 5 nitrogen and oxygen atoms in total. The fourth-order valence-electron chi connectivity index (χ4n) is 3.17. The molecule has 0 aliphatic heterocycles. The summed E-state index contributed by atoms with van der Waals surface area (Å²) >= 11 is 0. The molecule has 1 heterocycles. The van der Waals surface area contributed by atoms with E-state index in [2.05, 4.69) is 9.55 Å². The summed E-state index contributed by atoms with van der Waals surface area (Å²) in [6.45, 7) is 0. The zero-order valence-electron chi connectivity index (χ0n) is 15.2. The van der Waals surface area contributed by atoms with Crippen molar-refractivity contribution in [3.8, 4) is 11.4 Å². The molecule has 3 aromatic carbocycles. The van der Waals surface area contributed by atoms with Gasteiger partial charge in [-0.2, -0.15) is 0 Å². The first-order chi connectivity index (χ1) is 13.7. The summed E-state index contributed by atoms with van der Waals surface area (Å²) in [5.74, 6) is -0.673. The van der Waals surface area contributed by atoms with Gasteiger partial charge in [-0.1, -0.05) is 48.6 Å². The second-order valence-electron chi connectivity index (χ2n) is 6.26. The zero-order chi connectivity index (χ0) is 19.5. The van der Waals surface area contributed by atoms with E-state index >= 15 is 0 Å². The lowest BCUT2D eigenvalue weighted by molar-refractivity contribution is 0.0693. The Morgan fingerprint density at radius 3 is 2.64 bits per heavy atom. The molecular formula is C23H18N2O3. The highest BCUT2D eigenvalue weighted by atomic mass is 16.5. The van der Waals surface area contributed by atoms with Crippen LogP contribution in [0.25, 0.3) is 28.9 Å². The van der Waals surface area contributed by atoms with Gasteiger partial charge in [0.05, 0.1) is 23.8 Å². The number of carbonyl (C=O) groups is 1. The molecule has 0 bridgehead atoms. The van der Waals surface area contributed by atoms with Crippen molar-refractivity contribution < 1.29 is 14.6 Å². The van der Waals surface area contributed by atoms with Crippen LogP contribution in [0.5, 0.6) is 5.75 Å². The van der Waals surface area contributed by atoms with Crippen LogP contribution < -0.4 is 4.74 Å². The molecule has 138 valence electrons. The van der Waals surface area contributed by atoms with Gasteiger partial charge in [-0.25, -0.2) is 9.78 Å². The number of carboxylic acid groups (broad SMARTS) is 1. The molecule has 28 heavy (non-hydrogen) atoms. The first-order valence-electron chi connectivity index (χ1n) is 8.78. The predicted molar refractivity (Wildman–Crippen MR) is 110 cm³/mol. The Balaban J connectivity index is 1.73. The van der Waals surface area contributed by atoms with Gasteiger partial charge < -0.3 is 9.84 Å². The van der Waals surface area contributed by atoms with Crippen molar-refractivity contribution in [3.05, 3.63) is 89.7 Å². The van der Waals surface area contributed by atoms with Crippen LogP contribution in [0.2, 0.25) is 0 Å². The molecule has 5 heteroatoms. The fourth-order valence-corrected chi connectivity index (χ4v) is 3.17. The van der Waals surface area contributed by atoms with Gasteiger partial charge in [0, 0.05) is 0 Å². The van der Waals surface area contributed by atoms with E-state index in [1.165, 1.54) is 7.11 Å². The average Bonchev–Trinajstić information content (AvgIpc) is 3.16. The van der Waals surface area contributed by atoms with Gasteiger partial charge in [-0.3, -0.25) is 4.57 Å². The number of methoxy groups -OCH3 is 1. The van der Waals surface area contributed by atoms with E-state index < -0.39 is 5.97 Å². The van der Waals surface area contributed by atoms with E-state index in [4.69, 9.17) is 4.74 Å². The normalized spacial score (nSPS) is 11.2. The molecule has 0 aliphatic carbocycles. The van der Waals surface area contributed by atoms with Crippen LogP contribution in [0.4, 0.5) is 0 Å². The van der Waals surface area contributed by atoms with Crippen LogP contribution in [0.1, 0.15) is 21.5 Å². The number of rotatable bonds is 5. The van der Waals surface area contributed by atoms with Crippen LogP contribution in [0.3, 0.4) is 0 Å². The van der Waals surface area contributed by atoms with Crippen molar-refractivity contribution in [2.45, 2.75) is 0 Å². The maximum Gasteiger partial charge on any atom is 0.339 e. The van der Waals surface area contributed by atoms with Crippen molar-refractivity contribution in [2.75, 3.05) is 7.11 Å². The molecular weight excluding hydrogens is 352 g/mol. The Bertz CT molecular complexity index is 1190. The van der Waals surface area contributed by atoms with E-state index in [-0.39, 0.29) is 5.56 Å². The van der Waals surface area contributed by atoms with Crippen molar-refractivity contribution >= 4 is 29.2 Å². The molecule has 4 aromatic rings. The van der Waals surface area contributed by atoms with Gasteiger partial charge in [-0.15, -0.1) is 0 Å². The maximum atomic E-state index is 11.2. The number of carboxylic acids is 1. The molecule has 1 aromatic heterocycles. The molecule has 0 atom stereocenters. The summed E-state index contributed by atoms with van der Waals surface area (Å²) in [7, 11) is 1.47. The molecule has 0 spiro atoms. The molecule has 4 rings (SSSR count). The number of aromatic nitrogens is 2. The van der Waals surface area contributed by atoms with Crippen LogP contribution in [-0.2, 0) is 0 Å². The molecule has 0 saturated heterocycles. The van der Waals surface area contributed by atoms with E-state index in [9.17, 15) is 9.90 Å². The lowest BCUT2D eigenvalue weighted by Crippen LogP contribution is -2.00. The number of benzene rings is 3. The third-order valence-corrected chi connectivity index (χ3v) is 4.56. The summed E-state index contributed by atoms with van der Waals surface area (Å²) in [5, 5.41) is 9.22. The molecule has 1 N–H and O–H groups in total.